The topological polar surface area (TPSA) is 543 Å². The normalized spacial score (nSPS) is 26.1. The molecule has 20 N–H and O–H groups in total. The van der Waals surface area contributed by atoms with Gasteiger partial charge in [-0.2, -0.15) is 0 Å². The fourth-order valence-electron chi connectivity index (χ4n) is 15.2. The van der Waals surface area contributed by atoms with E-state index in [0.717, 1.165) is 89.5 Å². The number of phenolic OH excluding ortho intramolecular Hbond substituents is 3. The van der Waals surface area contributed by atoms with Gasteiger partial charge in [-0.25, -0.2) is 9.59 Å². The van der Waals surface area contributed by atoms with E-state index in [1.807, 2.05) is 54.6 Å². The first-order chi connectivity index (χ1) is 58.6. The smallest absolute Gasteiger partial charge is 0.408 e. The Kier molecular flexibility index (Phi) is 27.1. The number of amides is 8. The molecule has 0 spiro atoms. The highest BCUT2D eigenvalue weighted by Gasteiger charge is 2.52. The number of carbonyl (C=O) groups is 9. The molecule has 648 valence electrons. The van der Waals surface area contributed by atoms with Gasteiger partial charge in [-0.3, -0.25) is 33.6 Å². The van der Waals surface area contributed by atoms with Gasteiger partial charge in [0.15, 0.2) is 29.9 Å². The number of aliphatic hydroxyl groups is 6. The maximum absolute atomic E-state index is 16.3. The Morgan fingerprint density at radius 3 is 1.87 bits per heavy atom. The van der Waals surface area contributed by atoms with Crippen LogP contribution in [0.5, 0.6) is 46.0 Å². The van der Waals surface area contributed by atoms with Gasteiger partial charge < -0.3 is 132 Å². The SMILES string of the molecule is CC(C)C[C@H](NC(=O)OCc1ccccc1)C(=O)N[C@H]1C(=O)N[C@@H](CC(N)=O)C(=O)N[C@H]2C(=O)NC3C(=O)N[C@H](C(=O)N[C@H](C(=O)O)c4cc(O)cc(O)c4-c4cc3ccc4O)[C@H](O)c3ccc(c(Cl)c3)Oc3cc2cc(c3OC2O[C@H](CO)[C@@H](O)[C@H](O)C2O[C@H]2C[C@](C)(NCc3ccc(-c4ccccc4)cc3)[C@H](O)[C@H](C)O2)Oc2ccc(cc2Cl)[C@H]1O. The quantitative estimate of drug-likeness (QED) is 0.0487. The number of benzene rings is 8. The minimum atomic E-state index is -2.42. The van der Waals surface area contributed by atoms with Crippen LogP contribution in [0.4, 0.5) is 4.79 Å². The highest BCUT2D eigenvalue weighted by atomic mass is 35.5. The molecule has 2 saturated heterocycles. The number of hydrogen-bond donors (Lipinski definition) is 19. The zero-order valence-electron chi connectivity index (χ0n) is 66.1. The van der Waals surface area contributed by atoms with Gasteiger partial charge >= 0.3 is 12.1 Å². The third-order valence-corrected chi connectivity index (χ3v) is 22.2. The molecule has 37 heteroatoms. The van der Waals surface area contributed by atoms with Crippen LogP contribution in [0.1, 0.15) is 116 Å². The number of halogens is 2. The van der Waals surface area contributed by atoms with Crippen molar-refractivity contribution in [3.63, 3.8) is 0 Å². The number of ether oxygens (including phenoxy) is 7. The first-order valence-electron chi connectivity index (χ1n) is 39.0. The molecule has 15 rings (SSSR count). The van der Waals surface area contributed by atoms with Crippen molar-refractivity contribution < 1.29 is 127 Å². The number of carboxylic acid groups (broad SMARTS) is 1. The molecule has 8 aromatic carbocycles. The number of alkyl carbamates (subject to hydrolysis) is 1. The Morgan fingerprint density at radius 1 is 0.634 bits per heavy atom. The Bertz CT molecular complexity index is 5330. The van der Waals surface area contributed by atoms with E-state index in [4.69, 9.17) is 62.1 Å². The molecule has 0 aromatic heterocycles. The third kappa shape index (κ3) is 20.0. The lowest BCUT2D eigenvalue weighted by Crippen LogP contribution is -2.65. The molecule has 2 fully saturated rings. The van der Waals surface area contributed by atoms with E-state index in [-0.39, 0.29) is 48.6 Å². The maximum Gasteiger partial charge on any atom is 0.408 e. The molecule has 0 aliphatic carbocycles. The fourth-order valence-corrected chi connectivity index (χ4v) is 15.6. The van der Waals surface area contributed by atoms with Crippen molar-refractivity contribution in [2.75, 3.05) is 6.61 Å². The minimum Gasteiger partial charge on any atom is -0.508 e. The van der Waals surface area contributed by atoms with Gasteiger partial charge in [-0.05, 0) is 125 Å². The molecule has 7 aliphatic heterocycles. The van der Waals surface area contributed by atoms with Crippen LogP contribution in [0.15, 0.2) is 164 Å². The van der Waals surface area contributed by atoms with Crippen molar-refractivity contribution in [2.24, 2.45) is 11.7 Å². The lowest BCUT2D eigenvalue weighted by molar-refractivity contribution is -0.334. The molecule has 0 saturated carbocycles. The number of aliphatic hydroxyl groups excluding tert-OH is 6. The summed E-state index contributed by atoms with van der Waals surface area (Å²) in [7, 11) is 0. The predicted molar refractivity (Wildman–Crippen MR) is 435 cm³/mol. The predicted octanol–water partition coefficient (Wildman–Crippen LogP) is 5.31. The van der Waals surface area contributed by atoms with E-state index in [2.05, 4.69) is 42.5 Å². The number of fused-ring (bicyclic) bond motifs is 15. The van der Waals surface area contributed by atoms with Crippen LogP contribution in [0, 0.1) is 5.92 Å². The number of nitrogens with one attached hydrogen (secondary N) is 8. The van der Waals surface area contributed by atoms with E-state index >= 15 is 24.0 Å². The summed E-state index contributed by atoms with van der Waals surface area (Å²) in [6.07, 6.45) is -20.4. The fraction of sp³-hybridized carbons (Fsp3) is 0.337. The summed E-state index contributed by atoms with van der Waals surface area (Å²) in [5.41, 5.74) is 4.86. The van der Waals surface area contributed by atoms with Crippen LogP contribution in [-0.4, -0.2) is 190 Å². The van der Waals surface area contributed by atoms with Gasteiger partial charge in [0, 0.05) is 41.3 Å². The lowest BCUT2D eigenvalue weighted by atomic mass is 9.84. The molecule has 7 aliphatic rings. The Balaban J connectivity index is 0.971. The van der Waals surface area contributed by atoms with E-state index < -0.39 is 254 Å². The molecule has 7 heterocycles. The van der Waals surface area contributed by atoms with Crippen LogP contribution in [0.25, 0.3) is 22.3 Å². The summed E-state index contributed by atoms with van der Waals surface area (Å²) in [4.78, 5) is 133. The molecular formula is C86H89Cl2N9O26. The summed E-state index contributed by atoms with van der Waals surface area (Å²) in [6.45, 7) is 5.68. The lowest BCUT2D eigenvalue weighted by Gasteiger charge is -2.48. The zero-order valence-corrected chi connectivity index (χ0v) is 67.6. The Hall–Kier alpha value is -12.2. The van der Waals surface area contributed by atoms with Gasteiger partial charge in [0.05, 0.1) is 35.3 Å². The number of aliphatic carboxylic acids is 1. The number of carboxylic acids is 1. The van der Waals surface area contributed by atoms with Crippen molar-refractivity contribution in [1.82, 2.24) is 42.5 Å². The second kappa shape index (κ2) is 37.6. The van der Waals surface area contributed by atoms with Crippen LogP contribution in [-0.2, 0) is 70.5 Å². The molecule has 123 heavy (non-hydrogen) atoms. The Morgan fingerprint density at radius 2 is 1.24 bits per heavy atom. The largest absolute Gasteiger partial charge is 0.508 e. The number of hydrogen-bond acceptors (Lipinski definition) is 26. The summed E-state index contributed by atoms with van der Waals surface area (Å²) < 4.78 is 45.0. The molecular weight excluding hydrogens is 1650 g/mol. The van der Waals surface area contributed by atoms with Crippen molar-refractivity contribution in [3.05, 3.63) is 213 Å². The summed E-state index contributed by atoms with van der Waals surface area (Å²) in [6, 6.07) is 24.1. The molecule has 11 bridgehead atoms. The van der Waals surface area contributed by atoms with Gasteiger partial charge in [0.1, 0.15) is 102 Å². The molecule has 8 aromatic rings. The number of phenols is 3. The van der Waals surface area contributed by atoms with E-state index in [1.54, 1.807) is 58.0 Å². The highest BCUT2D eigenvalue weighted by molar-refractivity contribution is 6.32. The van der Waals surface area contributed by atoms with Gasteiger partial charge in [-0.1, -0.05) is 140 Å². The van der Waals surface area contributed by atoms with E-state index in [0.29, 0.717) is 5.56 Å². The molecule has 8 amide bonds. The van der Waals surface area contributed by atoms with Gasteiger partial charge in [-0.15, -0.1) is 0 Å². The van der Waals surface area contributed by atoms with E-state index in [1.165, 1.54) is 6.07 Å². The summed E-state index contributed by atoms with van der Waals surface area (Å²) in [5.74, 6) is -17.1. The van der Waals surface area contributed by atoms with E-state index in [9.17, 15) is 70.2 Å². The van der Waals surface area contributed by atoms with Crippen molar-refractivity contribution in [2.45, 2.75) is 169 Å². The van der Waals surface area contributed by atoms with Crippen LogP contribution < -0.4 is 62.5 Å². The average Bonchev–Trinajstić information content (AvgIpc) is 0.736. The average molecular weight is 1740 g/mol. The van der Waals surface area contributed by atoms with Crippen molar-refractivity contribution >= 4 is 76.6 Å². The minimum absolute atomic E-state index is 0.110. The van der Waals surface area contributed by atoms with Crippen LogP contribution in [0.3, 0.4) is 0 Å². The standard InChI is InChI=1S/C86H89Cl2N9O26/c1-38(2)25-53(92-85(116)117-37-41-11-7-5-8-12-41)77(108)96-68-70(103)45-20-23-57(51(87)27-45)119-59-29-47-30-60(74(59)123-84-75(73(106)72(105)61(36-98)121-84)122-63-34-86(4,76(107)39(3)118-63)90-35-40-15-17-43(18-16-40)42-13-9-6-10-14-42)120-58-24-21-46(28-52(58)88)71(104)69-82(113)95-67(83(114)115)50-31-48(99)32-56(101)64(50)49-26-44(19-22-55(49)100)65(79(110)97-69)94-80(111)66(47)93-78(109)54(33-62(89)102)91-81(68)112/h5-24,26-32,38-39,53-54,61,63,65-73,75-76,84,90,98-101,103-107H,25,33-37H2,1-4H3,(H2,89,102)(H,91,112)(H,92,116)(H,93,109)(H,94,111)(H,95,113)(H,96,108)(H,97,110)(H,114,115)/t39-,53-,54-,61+,63-,65?,66+,67-,68+,69-,70+,71+,72+,73-,75?,76+,84?,86-/m0/s1. The highest BCUT2D eigenvalue weighted by Crippen LogP contribution is 2.50. The number of nitrogens with two attached hydrogens (primary N) is 1. The van der Waals surface area contributed by atoms with Crippen molar-refractivity contribution in [1.29, 1.82) is 0 Å². The third-order valence-electron chi connectivity index (χ3n) is 21.6. The van der Waals surface area contributed by atoms with Crippen LogP contribution >= 0.6 is 23.2 Å². The molecule has 3 unspecified atom stereocenters. The first-order valence-corrected chi connectivity index (χ1v) is 39.7. The summed E-state index contributed by atoms with van der Waals surface area (Å²) >= 11 is 14.4. The number of primary amides is 1. The number of carbonyl (C=O) groups excluding carboxylic acids is 8. The Labute approximate surface area is 711 Å². The molecule has 35 nitrogen and oxygen atoms in total. The number of rotatable bonds is 19. The zero-order chi connectivity index (χ0) is 88.2. The second-order valence-corrected chi connectivity index (χ2v) is 31.8. The second-order valence-electron chi connectivity index (χ2n) is 31.0. The first kappa shape index (κ1) is 88.6. The van der Waals surface area contributed by atoms with Crippen molar-refractivity contribution in [3.8, 4) is 68.2 Å². The molecule has 18 atom stereocenters. The summed E-state index contributed by atoms with van der Waals surface area (Å²) in [5, 5.41) is 137. The van der Waals surface area contributed by atoms with Crippen LogP contribution in [0.2, 0.25) is 10.0 Å². The van der Waals surface area contributed by atoms with Gasteiger partial charge in [0.25, 0.3) is 0 Å². The maximum atomic E-state index is 16.3. The monoisotopic (exact) mass is 1730 g/mol. The molecule has 0 radical (unpaired) electrons. The number of aromatic hydroxyl groups is 3. The van der Waals surface area contributed by atoms with Gasteiger partial charge in [0.2, 0.25) is 53.4 Å².